The van der Waals surface area contributed by atoms with E-state index in [9.17, 15) is 9.59 Å². The van der Waals surface area contributed by atoms with Gasteiger partial charge in [0.25, 0.3) is 0 Å². The zero-order chi connectivity index (χ0) is 13.7. The summed E-state index contributed by atoms with van der Waals surface area (Å²) in [6, 6.07) is -0.467. The number of aliphatic carboxylic acids is 1. The van der Waals surface area contributed by atoms with Crippen molar-refractivity contribution in [2.24, 2.45) is 17.6 Å². The van der Waals surface area contributed by atoms with Crippen LogP contribution in [0.15, 0.2) is 0 Å². The van der Waals surface area contributed by atoms with Crippen LogP contribution in [0.25, 0.3) is 0 Å². The Morgan fingerprint density at radius 1 is 1.22 bits per heavy atom. The Bertz CT molecular complexity index is 307. The van der Waals surface area contributed by atoms with Crippen molar-refractivity contribution >= 4 is 11.9 Å². The number of carbonyl (C=O) groups is 2. The van der Waals surface area contributed by atoms with E-state index in [0.717, 1.165) is 32.1 Å². The molecule has 1 saturated carbocycles. The molecule has 4 N–H and O–H groups in total. The highest BCUT2D eigenvalue weighted by Crippen LogP contribution is 2.22. The summed E-state index contributed by atoms with van der Waals surface area (Å²) in [7, 11) is 0. The summed E-state index contributed by atoms with van der Waals surface area (Å²) in [5.41, 5.74) is 6.01. The molecule has 0 aromatic heterocycles. The van der Waals surface area contributed by atoms with E-state index in [1.807, 2.05) is 0 Å². The van der Waals surface area contributed by atoms with Crippen LogP contribution in [0.4, 0.5) is 0 Å². The molecule has 0 aromatic carbocycles. The molecule has 0 spiro atoms. The minimum absolute atomic E-state index is 0.0926. The summed E-state index contributed by atoms with van der Waals surface area (Å²) < 4.78 is 0. The lowest BCUT2D eigenvalue weighted by atomic mass is 9.93. The van der Waals surface area contributed by atoms with E-state index in [4.69, 9.17) is 10.8 Å². The highest BCUT2D eigenvalue weighted by atomic mass is 16.4. The SMILES string of the molecule is CC(NC(=O)C1CCCCCC1N)C(C)C(=O)O. The van der Waals surface area contributed by atoms with E-state index < -0.39 is 11.9 Å². The van der Waals surface area contributed by atoms with Crippen LogP contribution in [0.3, 0.4) is 0 Å². The predicted octanol–water partition coefficient (Wildman–Crippen LogP) is 1.12. The van der Waals surface area contributed by atoms with Gasteiger partial charge in [0.15, 0.2) is 0 Å². The minimum atomic E-state index is -0.895. The lowest BCUT2D eigenvalue weighted by Gasteiger charge is -2.24. The maximum atomic E-state index is 12.1. The molecular formula is C13H24N2O3. The van der Waals surface area contributed by atoms with E-state index >= 15 is 0 Å². The Balaban J connectivity index is 2.55. The molecule has 1 aliphatic rings. The van der Waals surface area contributed by atoms with E-state index in [2.05, 4.69) is 5.32 Å². The van der Waals surface area contributed by atoms with Gasteiger partial charge in [-0.15, -0.1) is 0 Å². The number of rotatable bonds is 4. The van der Waals surface area contributed by atoms with Gasteiger partial charge in [-0.25, -0.2) is 0 Å². The molecule has 0 aliphatic heterocycles. The van der Waals surface area contributed by atoms with Crippen LogP contribution in [0.5, 0.6) is 0 Å². The minimum Gasteiger partial charge on any atom is -0.481 e. The second-order valence-corrected chi connectivity index (χ2v) is 5.33. The molecule has 104 valence electrons. The van der Waals surface area contributed by atoms with Crippen molar-refractivity contribution in [3.8, 4) is 0 Å². The summed E-state index contributed by atoms with van der Waals surface area (Å²) in [6.45, 7) is 3.32. The molecule has 4 unspecified atom stereocenters. The van der Waals surface area contributed by atoms with Crippen LogP contribution in [0.1, 0.15) is 46.0 Å². The fraction of sp³-hybridized carbons (Fsp3) is 0.846. The van der Waals surface area contributed by atoms with Gasteiger partial charge >= 0.3 is 5.97 Å². The molecule has 0 saturated heterocycles. The van der Waals surface area contributed by atoms with Crippen LogP contribution in [0.2, 0.25) is 0 Å². The third kappa shape index (κ3) is 3.98. The average molecular weight is 256 g/mol. The van der Waals surface area contributed by atoms with Crippen molar-refractivity contribution in [3.05, 3.63) is 0 Å². The van der Waals surface area contributed by atoms with Gasteiger partial charge in [-0.3, -0.25) is 9.59 Å². The number of nitrogens with two attached hydrogens (primary N) is 1. The Labute approximate surface area is 108 Å². The first-order valence-electron chi connectivity index (χ1n) is 6.72. The quantitative estimate of drug-likeness (QED) is 0.657. The molecule has 18 heavy (non-hydrogen) atoms. The fourth-order valence-corrected chi connectivity index (χ4v) is 2.33. The van der Waals surface area contributed by atoms with Gasteiger partial charge in [-0.2, -0.15) is 0 Å². The summed E-state index contributed by atoms with van der Waals surface area (Å²) in [4.78, 5) is 23.0. The average Bonchev–Trinajstić information content (AvgIpc) is 2.52. The molecule has 1 amide bonds. The largest absolute Gasteiger partial charge is 0.481 e. The van der Waals surface area contributed by atoms with Gasteiger partial charge in [-0.1, -0.05) is 19.3 Å². The predicted molar refractivity (Wildman–Crippen MR) is 69.0 cm³/mol. The summed E-state index contributed by atoms with van der Waals surface area (Å²) in [6.07, 6.45) is 4.90. The molecule has 5 nitrogen and oxygen atoms in total. The van der Waals surface area contributed by atoms with Gasteiger partial charge in [0.2, 0.25) is 5.91 Å². The van der Waals surface area contributed by atoms with Crippen LogP contribution >= 0.6 is 0 Å². The lowest BCUT2D eigenvalue weighted by Crippen LogP contribution is -2.47. The Morgan fingerprint density at radius 3 is 2.44 bits per heavy atom. The summed E-state index contributed by atoms with van der Waals surface area (Å²) in [5.74, 6) is -1.75. The van der Waals surface area contributed by atoms with E-state index in [0.29, 0.717) is 0 Å². The normalized spacial score (nSPS) is 27.9. The second-order valence-electron chi connectivity index (χ2n) is 5.33. The molecule has 0 aromatic rings. The fourth-order valence-electron chi connectivity index (χ4n) is 2.33. The van der Waals surface area contributed by atoms with Gasteiger partial charge in [0, 0.05) is 12.1 Å². The molecule has 0 radical (unpaired) electrons. The van der Waals surface area contributed by atoms with Crippen molar-refractivity contribution in [3.63, 3.8) is 0 Å². The van der Waals surface area contributed by atoms with Crippen molar-refractivity contribution < 1.29 is 14.7 Å². The van der Waals surface area contributed by atoms with Gasteiger partial charge in [0.1, 0.15) is 0 Å². The third-order valence-electron chi connectivity index (χ3n) is 3.92. The Hall–Kier alpha value is -1.10. The standard InChI is InChI=1S/C13H24N2O3/c1-8(13(17)18)9(2)15-12(16)10-6-4-3-5-7-11(10)14/h8-11H,3-7,14H2,1-2H3,(H,15,16)(H,17,18). The van der Waals surface area contributed by atoms with Crippen LogP contribution in [0, 0.1) is 11.8 Å². The Kier molecular flexibility index (Phi) is 5.59. The van der Waals surface area contributed by atoms with Crippen LogP contribution in [-0.4, -0.2) is 29.1 Å². The highest BCUT2D eigenvalue weighted by molar-refractivity contribution is 5.80. The van der Waals surface area contributed by atoms with Gasteiger partial charge in [-0.05, 0) is 26.7 Å². The van der Waals surface area contributed by atoms with Crippen molar-refractivity contribution in [2.45, 2.75) is 58.0 Å². The maximum absolute atomic E-state index is 12.1. The number of amides is 1. The number of carboxylic acid groups (broad SMARTS) is 1. The highest BCUT2D eigenvalue weighted by Gasteiger charge is 2.29. The van der Waals surface area contributed by atoms with E-state index in [1.54, 1.807) is 13.8 Å². The molecule has 0 heterocycles. The molecule has 4 atom stereocenters. The summed E-state index contributed by atoms with van der Waals surface area (Å²) >= 11 is 0. The molecule has 1 rings (SSSR count). The van der Waals surface area contributed by atoms with Gasteiger partial charge < -0.3 is 16.2 Å². The van der Waals surface area contributed by atoms with Gasteiger partial charge in [0.05, 0.1) is 11.8 Å². The van der Waals surface area contributed by atoms with Crippen molar-refractivity contribution in [1.29, 1.82) is 0 Å². The Morgan fingerprint density at radius 2 is 1.83 bits per heavy atom. The topological polar surface area (TPSA) is 92.4 Å². The zero-order valence-corrected chi connectivity index (χ0v) is 11.2. The second kappa shape index (κ2) is 6.73. The smallest absolute Gasteiger partial charge is 0.308 e. The van der Waals surface area contributed by atoms with E-state index in [-0.39, 0.29) is 23.9 Å². The van der Waals surface area contributed by atoms with Crippen LogP contribution < -0.4 is 11.1 Å². The molecule has 0 bridgehead atoms. The maximum Gasteiger partial charge on any atom is 0.308 e. The number of carboxylic acids is 1. The first-order valence-corrected chi connectivity index (χ1v) is 6.72. The molecule has 1 fully saturated rings. The first kappa shape index (κ1) is 15.0. The number of hydrogen-bond acceptors (Lipinski definition) is 3. The zero-order valence-electron chi connectivity index (χ0n) is 11.2. The molecule has 1 aliphatic carbocycles. The van der Waals surface area contributed by atoms with Crippen LogP contribution in [-0.2, 0) is 9.59 Å². The molecule has 5 heteroatoms. The van der Waals surface area contributed by atoms with Crippen molar-refractivity contribution in [1.82, 2.24) is 5.32 Å². The monoisotopic (exact) mass is 256 g/mol. The number of nitrogens with one attached hydrogen (secondary N) is 1. The number of hydrogen-bond donors (Lipinski definition) is 3. The lowest BCUT2D eigenvalue weighted by molar-refractivity contribution is -0.142. The van der Waals surface area contributed by atoms with E-state index in [1.165, 1.54) is 0 Å². The number of carbonyl (C=O) groups excluding carboxylic acids is 1. The summed E-state index contributed by atoms with van der Waals surface area (Å²) in [5, 5.41) is 11.7. The first-order chi connectivity index (χ1) is 8.43. The van der Waals surface area contributed by atoms with Crippen molar-refractivity contribution in [2.75, 3.05) is 0 Å². The molecular weight excluding hydrogens is 232 g/mol. The third-order valence-corrected chi connectivity index (χ3v) is 3.92.